The van der Waals surface area contributed by atoms with Gasteiger partial charge in [-0.05, 0) is 25.7 Å². The van der Waals surface area contributed by atoms with Crippen molar-refractivity contribution in [2.24, 2.45) is 5.92 Å². The van der Waals surface area contributed by atoms with E-state index in [2.05, 4.69) is 10.5 Å². The Bertz CT molecular complexity index is 640. The molecule has 3 rings (SSSR count). The number of hydrogen-bond acceptors (Lipinski definition) is 5. The first kappa shape index (κ1) is 14.5. The van der Waals surface area contributed by atoms with Gasteiger partial charge in [0.05, 0.1) is 0 Å². The van der Waals surface area contributed by atoms with Crippen molar-refractivity contribution in [2.45, 2.75) is 38.0 Å². The van der Waals surface area contributed by atoms with Gasteiger partial charge in [-0.15, -0.1) is 0 Å². The maximum absolute atomic E-state index is 12.5. The van der Waals surface area contributed by atoms with Crippen molar-refractivity contribution < 1.29 is 17.7 Å². The van der Waals surface area contributed by atoms with Crippen LogP contribution in [0.15, 0.2) is 10.6 Å². The number of nitrogens with zero attached hydrogens (tertiary/aromatic N) is 2. The number of rotatable bonds is 3. The summed E-state index contributed by atoms with van der Waals surface area (Å²) in [6.45, 7) is 2.66. The fraction of sp³-hybridized carbons (Fsp3) is 0.692. The highest BCUT2D eigenvalue weighted by Crippen LogP contribution is 2.27. The van der Waals surface area contributed by atoms with E-state index in [1.54, 1.807) is 13.0 Å². The molecule has 1 aromatic heterocycles. The second-order valence-electron chi connectivity index (χ2n) is 5.80. The molecule has 8 heteroatoms. The van der Waals surface area contributed by atoms with Crippen LogP contribution in [0.5, 0.6) is 0 Å². The van der Waals surface area contributed by atoms with Crippen LogP contribution in [-0.4, -0.2) is 42.9 Å². The van der Waals surface area contributed by atoms with Crippen LogP contribution >= 0.6 is 0 Å². The molecule has 1 N–H and O–H groups in total. The van der Waals surface area contributed by atoms with Gasteiger partial charge in [0.1, 0.15) is 17.2 Å². The number of aromatic nitrogens is 1. The van der Waals surface area contributed by atoms with Crippen molar-refractivity contribution in [3.05, 3.63) is 17.5 Å². The summed E-state index contributed by atoms with van der Waals surface area (Å²) in [5.41, 5.74) is 0.437. The molecule has 21 heavy (non-hydrogen) atoms. The normalized spacial score (nSPS) is 27.2. The number of aryl methyl sites for hydroxylation is 1. The minimum Gasteiger partial charge on any atom is -0.361 e. The largest absolute Gasteiger partial charge is 0.361 e. The van der Waals surface area contributed by atoms with Crippen LogP contribution in [0, 0.1) is 12.8 Å². The standard InChI is InChI=1S/C13H19N3O4S/c1-9-6-11(15-20-9)8-21(18,19)16-5-4-12-10(7-16)2-3-13(17)14-12/h6,10,12H,2-5,7-8H2,1H3,(H,14,17). The Morgan fingerprint density at radius 2 is 2.29 bits per heavy atom. The van der Waals surface area contributed by atoms with E-state index in [9.17, 15) is 13.2 Å². The molecule has 3 heterocycles. The lowest BCUT2D eigenvalue weighted by Gasteiger charge is -2.40. The topological polar surface area (TPSA) is 92.5 Å². The van der Waals surface area contributed by atoms with Gasteiger partial charge in [-0.3, -0.25) is 4.79 Å². The minimum absolute atomic E-state index is 0.0747. The smallest absolute Gasteiger partial charge is 0.220 e. The molecule has 0 saturated carbocycles. The number of carbonyl (C=O) groups excluding carboxylic acids is 1. The lowest BCUT2D eigenvalue weighted by atomic mass is 9.86. The molecule has 2 fully saturated rings. The molecular weight excluding hydrogens is 294 g/mol. The third-order valence-corrected chi connectivity index (χ3v) is 5.96. The van der Waals surface area contributed by atoms with Crippen LogP contribution in [0.25, 0.3) is 0 Å². The summed E-state index contributed by atoms with van der Waals surface area (Å²) in [4.78, 5) is 11.4. The lowest BCUT2D eigenvalue weighted by Crippen LogP contribution is -2.55. The van der Waals surface area contributed by atoms with Gasteiger partial charge in [0, 0.05) is 31.6 Å². The summed E-state index contributed by atoms with van der Waals surface area (Å²) >= 11 is 0. The van der Waals surface area contributed by atoms with Gasteiger partial charge < -0.3 is 9.84 Å². The first-order valence-electron chi connectivity index (χ1n) is 7.13. The van der Waals surface area contributed by atoms with E-state index in [1.807, 2.05) is 0 Å². The number of amides is 1. The van der Waals surface area contributed by atoms with Crippen LogP contribution in [0.4, 0.5) is 0 Å². The zero-order chi connectivity index (χ0) is 15.0. The predicted molar refractivity (Wildman–Crippen MR) is 74.7 cm³/mol. The Morgan fingerprint density at radius 3 is 3.00 bits per heavy atom. The number of nitrogens with one attached hydrogen (secondary N) is 1. The molecule has 116 valence electrons. The summed E-state index contributed by atoms with van der Waals surface area (Å²) in [7, 11) is -3.39. The SMILES string of the molecule is Cc1cc(CS(=O)(=O)N2CCC3NC(=O)CCC3C2)no1. The fourth-order valence-electron chi connectivity index (χ4n) is 3.09. The van der Waals surface area contributed by atoms with Crippen molar-refractivity contribution in [3.63, 3.8) is 0 Å². The Balaban J connectivity index is 1.68. The van der Waals surface area contributed by atoms with Gasteiger partial charge in [-0.1, -0.05) is 5.16 Å². The van der Waals surface area contributed by atoms with Crippen LogP contribution in [0.1, 0.15) is 30.7 Å². The highest BCUT2D eigenvalue weighted by molar-refractivity contribution is 7.88. The summed E-state index contributed by atoms with van der Waals surface area (Å²) in [5, 5.41) is 6.70. The van der Waals surface area contributed by atoms with E-state index >= 15 is 0 Å². The zero-order valence-corrected chi connectivity index (χ0v) is 12.7. The van der Waals surface area contributed by atoms with Gasteiger partial charge in [-0.25, -0.2) is 12.7 Å². The maximum Gasteiger partial charge on any atom is 0.220 e. The molecule has 0 bridgehead atoms. The Hall–Kier alpha value is -1.41. The van der Waals surface area contributed by atoms with Crippen molar-refractivity contribution >= 4 is 15.9 Å². The Labute approximate surface area is 123 Å². The molecule has 0 aromatic carbocycles. The van der Waals surface area contributed by atoms with Crippen molar-refractivity contribution in [1.82, 2.24) is 14.8 Å². The summed E-state index contributed by atoms with van der Waals surface area (Å²) in [6.07, 6.45) is 1.91. The minimum atomic E-state index is -3.39. The van der Waals surface area contributed by atoms with E-state index in [0.29, 0.717) is 37.4 Å². The summed E-state index contributed by atoms with van der Waals surface area (Å²) < 4.78 is 31.4. The van der Waals surface area contributed by atoms with Crippen LogP contribution in [0.3, 0.4) is 0 Å². The van der Waals surface area contributed by atoms with E-state index < -0.39 is 10.0 Å². The molecule has 2 saturated heterocycles. The second kappa shape index (κ2) is 5.42. The Morgan fingerprint density at radius 1 is 1.48 bits per heavy atom. The van der Waals surface area contributed by atoms with Crippen LogP contribution in [0.2, 0.25) is 0 Å². The summed E-state index contributed by atoms with van der Waals surface area (Å²) in [5.74, 6) is 0.762. The third-order valence-electron chi connectivity index (χ3n) is 4.19. The Kier molecular flexibility index (Phi) is 3.75. The van der Waals surface area contributed by atoms with E-state index in [0.717, 1.165) is 6.42 Å². The third kappa shape index (κ3) is 3.11. The van der Waals surface area contributed by atoms with Crippen molar-refractivity contribution in [1.29, 1.82) is 0 Å². The quantitative estimate of drug-likeness (QED) is 0.872. The molecule has 2 atom stereocenters. The predicted octanol–water partition coefficient (Wildman–Crippen LogP) is 0.413. The molecular formula is C13H19N3O4S. The van der Waals surface area contributed by atoms with Gasteiger partial charge in [0.15, 0.2) is 0 Å². The molecule has 1 aromatic rings. The molecule has 2 aliphatic rings. The van der Waals surface area contributed by atoms with Crippen LogP contribution in [-0.2, 0) is 20.6 Å². The van der Waals surface area contributed by atoms with Crippen LogP contribution < -0.4 is 5.32 Å². The van der Waals surface area contributed by atoms with E-state index in [1.165, 1.54) is 4.31 Å². The highest BCUT2D eigenvalue weighted by Gasteiger charge is 2.37. The number of fused-ring (bicyclic) bond motifs is 1. The average Bonchev–Trinajstić information content (AvgIpc) is 2.82. The molecule has 0 aliphatic carbocycles. The summed E-state index contributed by atoms with van der Waals surface area (Å²) in [6, 6.07) is 1.76. The van der Waals surface area contributed by atoms with Gasteiger partial charge >= 0.3 is 0 Å². The molecule has 0 radical (unpaired) electrons. The fourth-order valence-corrected chi connectivity index (χ4v) is 4.59. The molecule has 1 amide bonds. The molecule has 0 spiro atoms. The molecule has 2 aliphatic heterocycles. The number of hydrogen-bond donors (Lipinski definition) is 1. The van der Waals surface area contributed by atoms with Crippen molar-refractivity contribution in [3.8, 4) is 0 Å². The first-order valence-corrected chi connectivity index (χ1v) is 8.74. The molecule has 7 nitrogen and oxygen atoms in total. The zero-order valence-electron chi connectivity index (χ0n) is 11.9. The second-order valence-corrected chi connectivity index (χ2v) is 7.77. The number of piperidine rings is 2. The molecule has 2 unspecified atom stereocenters. The van der Waals surface area contributed by atoms with Gasteiger partial charge in [0.25, 0.3) is 0 Å². The number of carbonyl (C=O) groups is 1. The van der Waals surface area contributed by atoms with Gasteiger partial charge in [-0.2, -0.15) is 0 Å². The lowest BCUT2D eigenvalue weighted by molar-refractivity contribution is -0.124. The monoisotopic (exact) mass is 313 g/mol. The van der Waals surface area contributed by atoms with Gasteiger partial charge in [0.2, 0.25) is 15.9 Å². The van der Waals surface area contributed by atoms with E-state index in [-0.39, 0.29) is 23.6 Å². The van der Waals surface area contributed by atoms with Crippen molar-refractivity contribution in [2.75, 3.05) is 13.1 Å². The first-order chi connectivity index (χ1) is 9.94. The highest BCUT2D eigenvalue weighted by atomic mass is 32.2. The number of sulfonamides is 1. The average molecular weight is 313 g/mol. The van der Waals surface area contributed by atoms with E-state index in [4.69, 9.17) is 4.52 Å². The maximum atomic E-state index is 12.5.